The van der Waals surface area contributed by atoms with Crippen molar-refractivity contribution in [2.75, 3.05) is 13.2 Å². The SMILES string of the molecule is CCC(C)(CC(C)OC(CC)(CC)CC(C)OCC(C)O)OCC(C)O. The Morgan fingerprint density at radius 1 is 0.769 bits per heavy atom. The summed E-state index contributed by atoms with van der Waals surface area (Å²) in [6, 6.07) is 0. The smallest absolute Gasteiger partial charge is 0.0745 e. The molecule has 0 amide bonds. The molecule has 0 saturated heterocycles. The Balaban J connectivity index is 4.84. The second-order valence-corrected chi connectivity index (χ2v) is 8.18. The average molecular weight is 377 g/mol. The van der Waals surface area contributed by atoms with E-state index in [0.717, 1.165) is 32.1 Å². The lowest BCUT2D eigenvalue weighted by Crippen LogP contribution is -2.42. The molecule has 158 valence electrons. The van der Waals surface area contributed by atoms with Gasteiger partial charge < -0.3 is 24.4 Å². The molecule has 26 heavy (non-hydrogen) atoms. The zero-order valence-corrected chi connectivity index (χ0v) is 18.4. The first kappa shape index (κ1) is 25.8. The highest BCUT2D eigenvalue weighted by atomic mass is 16.5. The molecule has 0 rings (SSSR count). The lowest BCUT2D eigenvalue weighted by atomic mass is 9.89. The molecule has 0 spiro atoms. The average Bonchev–Trinajstić information content (AvgIpc) is 2.57. The van der Waals surface area contributed by atoms with Crippen LogP contribution in [0.4, 0.5) is 0 Å². The maximum atomic E-state index is 9.51. The van der Waals surface area contributed by atoms with Crippen LogP contribution >= 0.6 is 0 Å². The van der Waals surface area contributed by atoms with E-state index >= 15 is 0 Å². The largest absolute Gasteiger partial charge is 0.391 e. The molecule has 0 bridgehead atoms. The van der Waals surface area contributed by atoms with E-state index in [1.54, 1.807) is 13.8 Å². The monoisotopic (exact) mass is 376 g/mol. The molecular formula is C21H44O5. The molecule has 0 radical (unpaired) electrons. The van der Waals surface area contributed by atoms with Crippen LogP contribution in [0.15, 0.2) is 0 Å². The second kappa shape index (κ2) is 12.3. The first-order valence-electron chi connectivity index (χ1n) is 10.3. The van der Waals surface area contributed by atoms with Gasteiger partial charge in [0.2, 0.25) is 0 Å². The van der Waals surface area contributed by atoms with Gasteiger partial charge in [-0.2, -0.15) is 0 Å². The molecule has 0 aliphatic heterocycles. The minimum Gasteiger partial charge on any atom is -0.391 e. The van der Waals surface area contributed by atoms with Crippen LogP contribution in [0.2, 0.25) is 0 Å². The summed E-state index contributed by atoms with van der Waals surface area (Å²) in [6.07, 6.45) is 3.42. The van der Waals surface area contributed by atoms with Crippen LogP contribution in [-0.4, -0.2) is 59.0 Å². The summed E-state index contributed by atoms with van der Waals surface area (Å²) in [6.45, 7) is 16.8. The molecule has 0 fully saturated rings. The highest BCUT2D eigenvalue weighted by Gasteiger charge is 2.34. The summed E-state index contributed by atoms with van der Waals surface area (Å²) >= 11 is 0. The van der Waals surface area contributed by atoms with Gasteiger partial charge in [0, 0.05) is 12.8 Å². The Bertz CT molecular complexity index is 354. The fourth-order valence-electron chi connectivity index (χ4n) is 3.34. The number of aliphatic hydroxyl groups is 2. The minimum atomic E-state index is -0.464. The Morgan fingerprint density at radius 3 is 1.73 bits per heavy atom. The Kier molecular flexibility index (Phi) is 12.2. The fraction of sp³-hybridized carbons (Fsp3) is 1.00. The van der Waals surface area contributed by atoms with Gasteiger partial charge in [0.25, 0.3) is 0 Å². The van der Waals surface area contributed by atoms with Crippen LogP contribution in [0, 0.1) is 0 Å². The molecule has 5 unspecified atom stereocenters. The number of hydrogen-bond acceptors (Lipinski definition) is 5. The summed E-state index contributed by atoms with van der Waals surface area (Å²) in [5, 5.41) is 18.9. The van der Waals surface area contributed by atoms with Gasteiger partial charge in [0.1, 0.15) is 0 Å². The third kappa shape index (κ3) is 10.2. The van der Waals surface area contributed by atoms with Gasteiger partial charge >= 0.3 is 0 Å². The highest BCUT2D eigenvalue weighted by molar-refractivity contribution is 4.84. The zero-order chi connectivity index (χ0) is 20.4. The molecule has 0 aromatic heterocycles. The molecule has 5 nitrogen and oxygen atoms in total. The van der Waals surface area contributed by atoms with E-state index in [9.17, 15) is 10.2 Å². The van der Waals surface area contributed by atoms with Crippen LogP contribution in [0.1, 0.15) is 87.5 Å². The maximum Gasteiger partial charge on any atom is 0.0745 e. The van der Waals surface area contributed by atoms with Gasteiger partial charge in [-0.3, -0.25) is 0 Å². The lowest BCUT2D eigenvalue weighted by Gasteiger charge is -2.40. The van der Waals surface area contributed by atoms with Crippen molar-refractivity contribution in [1.29, 1.82) is 0 Å². The van der Waals surface area contributed by atoms with E-state index < -0.39 is 12.2 Å². The first-order chi connectivity index (χ1) is 12.0. The molecule has 0 saturated carbocycles. The summed E-state index contributed by atoms with van der Waals surface area (Å²) in [5.41, 5.74) is -0.547. The molecule has 5 atom stereocenters. The zero-order valence-electron chi connectivity index (χ0n) is 18.4. The molecule has 0 aliphatic rings. The third-order valence-electron chi connectivity index (χ3n) is 5.16. The van der Waals surface area contributed by atoms with Crippen molar-refractivity contribution in [2.24, 2.45) is 0 Å². The number of ether oxygens (including phenoxy) is 3. The molecule has 5 heteroatoms. The maximum absolute atomic E-state index is 9.51. The predicted molar refractivity (Wildman–Crippen MR) is 107 cm³/mol. The fourth-order valence-corrected chi connectivity index (χ4v) is 3.34. The summed E-state index contributed by atoms with van der Waals surface area (Å²) < 4.78 is 18.2. The van der Waals surface area contributed by atoms with Crippen molar-refractivity contribution < 1.29 is 24.4 Å². The Morgan fingerprint density at radius 2 is 1.31 bits per heavy atom. The third-order valence-corrected chi connectivity index (χ3v) is 5.16. The number of aliphatic hydroxyl groups excluding tert-OH is 2. The van der Waals surface area contributed by atoms with Gasteiger partial charge in [-0.05, 0) is 53.9 Å². The molecule has 0 aromatic carbocycles. The predicted octanol–water partition coefficient (Wildman–Crippen LogP) is 4.08. The van der Waals surface area contributed by atoms with Crippen LogP contribution in [0.5, 0.6) is 0 Å². The summed E-state index contributed by atoms with van der Waals surface area (Å²) in [5.74, 6) is 0. The summed E-state index contributed by atoms with van der Waals surface area (Å²) in [4.78, 5) is 0. The van der Waals surface area contributed by atoms with Crippen LogP contribution in [-0.2, 0) is 14.2 Å². The van der Waals surface area contributed by atoms with Crippen molar-refractivity contribution in [3.05, 3.63) is 0 Å². The van der Waals surface area contributed by atoms with Crippen LogP contribution in [0.3, 0.4) is 0 Å². The van der Waals surface area contributed by atoms with Gasteiger partial charge in [0.15, 0.2) is 0 Å². The van der Waals surface area contributed by atoms with Gasteiger partial charge in [-0.15, -0.1) is 0 Å². The van der Waals surface area contributed by atoms with Crippen molar-refractivity contribution in [3.63, 3.8) is 0 Å². The van der Waals surface area contributed by atoms with Crippen LogP contribution < -0.4 is 0 Å². The molecular weight excluding hydrogens is 332 g/mol. The van der Waals surface area contributed by atoms with Crippen molar-refractivity contribution in [2.45, 2.75) is 123 Å². The van der Waals surface area contributed by atoms with Crippen molar-refractivity contribution in [1.82, 2.24) is 0 Å². The Labute approximate surface area is 161 Å². The molecule has 2 N–H and O–H groups in total. The van der Waals surface area contributed by atoms with E-state index in [4.69, 9.17) is 14.2 Å². The lowest BCUT2D eigenvalue weighted by molar-refractivity contribution is -0.152. The van der Waals surface area contributed by atoms with Gasteiger partial charge in [-0.25, -0.2) is 0 Å². The van der Waals surface area contributed by atoms with E-state index in [-0.39, 0.29) is 23.4 Å². The second-order valence-electron chi connectivity index (χ2n) is 8.18. The van der Waals surface area contributed by atoms with E-state index in [1.165, 1.54) is 0 Å². The van der Waals surface area contributed by atoms with Gasteiger partial charge in [-0.1, -0.05) is 20.8 Å². The van der Waals surface area contributed by atoms with E-state index in [0.29, 0.717) is 13.2 Å². The van der Waals surface area contributed by atoms with E-state index in [1.807, 2.05) is 6.92 Å². The summed E-state index contributed by atoms with van der Waals surface area (Å²) in [7, 11) is 0. The number of hydrogen-bond donors (Lipinski definition) is 2. The molecule has 0 aromatic rings. The van der Waals surface area contributed by atoms with Gasteiger partial charge in [0.05, 0.1) is 48.8 Å². The standard InChI is InChI=1S/C21H44O5/c1-9-20(8,25-15-17(5)23)12-19(7)26-21(10-2,11-3)13-18(6)24-14-16(4)22/h16-19,22-23H,9-15H2,1-8H3. The molecule has 0 heterocycles. The number of rotatable bonds is 15. The van der Waals surface area contributed by atoms with Crippen LogP contribution in [0.25, 0.3) is 0 Å². The minimum absolute atomic E-state index is 0.0285. The Hall–Kier alpha value is -0.200. The van der Waals surface area contributed by atoms with Crippen molar-refractivity contribution in [3.8, 4) is 0 Å². The van der Waals surface area contributed by atoms with E-state index in [2.05, 4.69) is 34.6 Å². The normalized spacial score (nSPS) is 19.6. The van der Waals surface area contributed by atoms with Crippen molar-refractivity contribution >= 4 is 0 Å². The molecule has 0 aliphatic carbocycles. The highest BCUT2D eigenvalue weighted by Crippen LogP contribution is 2.32. The topological polar surface area (TPSA) is 68.2 Å². The first-order valence-corrected chi connectivity index (χ1v) is 10.3. The quantitative estimate of drug-likeness (QED) is 0.451.